The highest BCUT2D eigenvalue weighted by Gasteiger charge is 2.36. The molecule has 0 bridgehead atoms. The fraction of sp³-hybridized carbons (Fsp3) is 1.00. The van der Waals surface area contributed by atoms with E-state index >= 15 is 0 Å². The summed E-state index contributed by atoms with van der Waals surface area (Å²) in [7, 11) is 0. The molecular formula is C6H13NO4. The highest BCUT2D eigenvalue weighted by molar-refractivity contribution is 4.77. The van der Waals surface area contributed by atoms with Crippen LogP contribution in [0.25, 0.3) is 0 Å². The van der Waals surface area contributed by atoms with Gasteiger partial charge in [0, 0.05) is 0 Å². The van der Waals surface area contributed by atoms with Gasteiger partial charge in [0.15, 0.2) is 12.6 Å². The highest BCUT2D eigenvalue weighted by atomic mass is 16.7. The van der Waals surface area contributed by atoms with Crippen molar-refractivity contribution >= 4 is 0 Å². The fourth-order valence-electron chi connectivity index (χ4n) is 0.850. The number of ether oxygens (including phenoxy) is 1. The zero-order valence-electron chi connectivity index (χ0n) is 6.05. The summed E-state index contributed by atoms with van der Waals surface area (Å²) in [5.74, 6) is 0. The molecule has 5 N–H and O–H groups in total. The van der Waals surface area contributed by atoms with E-state index in [9.17, 15) is 0 Å². The number of nitrogens with two attached hydrogens (primary N) is 1. The van der Waals surface area contributed by atoms with Gasteiger partial charge in [0.25, 0.3) is 0 Å². The van der Waals surface area contributed by atoms with Crippen LogP contribution >= 0.6 is 0 Å². The highest BCUT2D eigenvalue weighted by Crippen LogP contribution is 2.24. The van der Waals surface area contributed by atoms with Gasteiger partial charge in [-0.2, -0.15) is 0 Å². The molecule has 1 fully saturated rings. The maximum atomic E-state index is 8.69. The first-order valence-electron chi connectivity index (χ1n) is 3.56. The van der Waals surface area contributed by atoms with Gasteiger partial charge < -0.3 is 25.8 Å². The Morgan fingerprint density at radius 3 is 2.36 bits per heavy atom. The van der Waals surface area contributed by atoms with Gasteiger partial charge in [0.1, 0.15) is 6.10 Å². The van der Waals surface area contributed by atoms with Gasteiger partial charge in [0.05, 0.1) is 6.04 Å². The number of hydrogen-bond donors (Lipinski definition) is 4. The third kappa shape index (κ3) is 2.72. The minimum atomic E-state index is -1.48. The van der Waals surface area contributed by atoms with Crippen molar-refractivity contribution in [1.82, 2.24) is 0 Å². The van der Waals surface area contributed by atoms with Crippen molar-refractivity contribution in [1.29, 1.82) is 0 Å². The average molecular weight is 163 g/mol. The van der Waals surface area contributed by atoms with E-state index in [2.05, 4.69) is 4.74 Å². The maximum absolute atomic E-state index is 8.69. The Balaban J connectivity index is 2.03. The van der Waals surface area contributed by atoms with Gasteiger partial charge in [-0.05, 0) is 12.8 Å². The predicted molar refractivity (Wildman–Crippen MR) is 36.3 cm³/mol. The molecule has 11 heavy (non-hydrogen) atoms. The Labute approximate surface area is 64.4 Å². The molecule has 0 saturated carbocycles. The molecule has 0 spiro atoms. The van der Waals surface area contributed by atoms with Crippen LogP contribution in [0.15, 0.2) is 0 Å². The summed E-state index contributed by atoms with van der Waals surface area (Å²) < 4.78 is 4.68. The molecule has 0 aromatic heterocycles. The standard InChI is InChI=1S/C6H13NO4/c7-3(5(8)9)1-2-4-6(10)11-4/h3-6,8-10H,1-2,7H2. The minimum absolute atomic E-state index is 0.153. The normalized spacial score (nSPS) is 32.5. The molecule has 66 valence electrons. The van der Waals surface area contributed by atoms with Gasteiger partial charge in [0.2, 0.25) is 0 Å². The third-order valence-electron chi connectivity index (χ3n) is 1.72. The Morgan fingerprint density at radius 2 is 2.00 bits per heavy atom. The Kier molecular flexibility index (Phi) is 2.80. The SMILES string of the molecule is NC(CCC1OC1O)C(O)O. The number of epoxide rings is 1. The number of rotatable bonds is 4. The Hall–Kier alpha value is -0.200. The van der Waals surface area contributed by atoms with Crippen LogP contribution in [0, 0.1) is 0 Å². The van der Waals surface area contributed by atoms with Crippen molar-refractivity contribution in [3.8, 4) is 0 Å². The van der Waals surface area contributed by atoms with Gasteiger partial charge in [-0.3, -0.25) is 0 Å². The summed E-state index contributed by atoms with van der Waals surface area (Å²) in [4.78, 5) is 0. The van der Waals surface area contributed by atoms with E-state index in [1.807, 2.05) is 0 Å². The maximum Gasteiger partial charge on any atom is 0.181 e. The molecule has 1 aliphatic heterocycles. The van der Waals surface area contributed by atoms with Crippen LogP contribution in [0.5, 0.6) is 0 Å². The van der Waals surface area contributed by atoms with E-state index in [1.165, 1.54) is 0 Å². The number of hydrogen-bond acceptors (Lipinski definition) is 5. The molecule has 1 rings (SSSR count). The van der Waals surface area contributed by atoms with Gasteiger partial charge in [-0.15, -0.1) is 0 Å². The number of aliphatic hydroxyl groups excluding tert-OH is 2. The van der Waals surface area contributed by atoms with Crippen molar-refractivity contribution in [2.45, 2.75) is 37.6 Å². The predicted octanol–water partition coefficient (Wildman–Crippen LogP) is -1.88. The van der Waals surface area contributed by atoms with Crippen molar-refractivity contribution in [2.75, 3.05) is 0 Å². The molecule has 0 radical (unpaired) electrons. The molecule has 0 amide bonds. The van der Waals surface area contributed by atoms with Crippen LogP contribution in [0.3, 0.4) is 0 Å². The second-order valence-electron chi connectivity index (χ2n) is 2.72. The van der Waals surface area contributed by atoms with Crippen LogP contribution in [-0.2, 0) is 4.74 Å². The molecule has 3 atom stereocenters. The smallest absolute Gasteiger partial charge is 0.181 e. The van der Waals surface area contributed by atoms with Gasteiger partial charge >= 0.3 is 0 Å². The second kappa shape index (κ2) is 3.46. The molecular weight excluding hydrogens is 150 g/mol. The zero-order valence-corrected chi connectivity index (χ0v) is 6.05. The average Bonchev–Trinajstić information content (AvgIpc) is 2.61. The molecule has 1 aliphatic rings. The summed E-state index contributed by atoms with van der Waals surface area (Å²) in [6, 6.07) is -0.647. The van der Waals surface area contributed by atoms with Crippen LogP contribution < -0.4 is 5.73 Å². The number of aliphatic hydroxyl groups is 3. The second-order valence-corrected chi connectivity index (χ2v) is 2.72. The first-order valence-corrected chi connectivity index (χ1v) is 3.56. The largest absolute Gasteiger partial charge is 0.367 e. The Bertz CT molecular complexity index is 130. The lowest BCUT2D eigenvalue weighted by Crippen LogP contribution is -2.34. The summed E-state index contributed by atoms with van der Waals surface area (Å²) in [5.41, 5.74) is 5.30. The van der Waals surface area contributed by atoms with E-state index < -0.39 is 18.6 Å². The quantitative estimate of drug-likeness (QED) is 0.287. The summed E-state index contributed by atoms with van der Waals surface area (Å²) >= 11 is 0. The molecule has 0 aromatic carbocycles. The lowest BCUT2D eigenvalue weighted by molar-refractivity contribution is -0.0601. The van der Waals surface area contributed by atoms with E-state index in [4.69, 9.17) is 21.1 Å². The van der Waals surface area contributed by atoms with Gasteiger partial charge in [-0.25, -0.2) is 0 Å². The summed E-state index contributed by atoms with van der Waals surface area (Å²) in [6.45, 7) is 0. The molecule has 0 aromatic rings. The van der Waals surface area contributed by atoms with E-state index in [0.29, 0.717) is 12.8 Å². The van der Waals surface area contributed by atoms with E-state index in [1.54, 1.807) is 0 Å². The monoisotopic (exact) mass is 163 g/mol. The molecule has 0 aliphatic carbocycles. The molecule has 1 saturated heterocycles. The molecule has 3 unspecified atom stereocenters. The Morgan fingerprint density at radius 1 is 1.45 bits per heavy atom. The molecule has 1 heterocycles. The van der Waals surface area contributed by atoms with Crippen LogP contribution in [0.4, 0.5) is 0 Å². The van der Waals surface area contributed by atoms with Crippen LogP contribution in [0.2, 0.25) is 0 Å². The van der Waals surface area contributed by atoms with Crippen molar-refractivity contribution in [2.24, 2.45) is 5.73 Å². The summed E-state index contributed by atoms with van der Waals surface area (Å²) in [5, 5.41) is 25.8. The van der Waals surface area contributed by atoms with Crippen molar-refractivity contribution < 1.29 is 20.1 Å². The minimum Gasteiger partial charge on any atom is -0.367 e. The molecule has 5 nitrogen and oxygen atoms in total. The summed E-state index contributed by atoms with van der Waals surface area (Å²) in [6.07, 6.45) is -1.29. The van der Waals surface area contributed by atoms with Crippen LogP contribution in [0.1, 0.15) is 12.8 Å². The lowest BCUT2D eigenvalue weighted by Gasteiger charge is -2.11. The van der Waals surface area contributed by atoms with Crippen molar-refractivity contribution in [3.63, 3.8) is 0 Å². The van der Waals surface area contributed by atoms with E-state index in [0.717, 1.165) is 0 Å². The first kappa shape index (κ1) is 8.89. The van der Waals surface area contributed by atoms with Gasteiger partial charge in [-0.1, -0.05) is 0 Å². The van der Waals surface area contributed by atoms with Crippen LogP contribution in [-0.4, -0.2) is 40.0 Å². The van der Waals surface area contributed by atoms with E-state index in [-0.39, 0.29) is 6.10 Å². The zero-order chi connectivity index (χ0) is 8.43. The molecule has 5 heteroatoms. The van der Waals surface area contributed by atoms with Crippen molar-refractivity contribution in [3.05, 3.63) is 0 Å². The topological polar surface area (TPSA) is 99.2 Å². The first-order chi connectivity index (χ1) is 5.11. The fourth-order valence-corrected chi connectivity index (χ4v) is 0.850. The third-order valence-corrected chi connectivity index (χ3v) is 1.72. The lowest BCUT2D eigenvalue weighted by atomic mass is 10.1.